The molecule has 0 amide bonds. The van der Waals surface area contributed by atoms with Crippen LogP contribution in [0.3, 0.4) is 0 Å². The Morgan fingerprint density at radius 1 is 1.07 bits per heavy atom. The molecule has 0 aliphatic carbocycles. The second-order valence-corrected chi connectivity index (χ2v) is 3.82. The molecule has 14 heavy (non-hydrogen) atoms. The van der Waals surface area contributed by atoms with Crippen molar-refractivity contribution in [3.63, 3.8) is 0 Å². The highest BCUT2D eigenvalue weighted by Crippen LogP contribution is 2.19. The summed E-state index contributed by atoms with van der Waals surface area (Å²) in [5, 5.41) is 2.62. The molecule has 0 radical (unpaired) electrons. The van der Waals surface area contributed by atoms with Crippen LogP contribution >= 0.6 is 0 Å². The molecule has 2 aromatic carbocycles. The fourth-order valence-corrected chi connectivity index (χ4v) is 1.82. The van der Waals surface area contributed by atoms with Crippen molar-refractivity contribution in [1.29, 1.82) is 0 Å². The minimum Gasteiger partial charge on any atom is -0.328 e. The zero-order valence-electron chi connectivity index (χ0n) is 8.40. The third-order valence-corrected chi connectivity index (χ3v) is 2.42. The molecule has 2 aromatic rings. The smallest absolute Gasteiger partial charge is 0.00511 e. The maximum Gasteiger partial charge on any atom is 0.00511 e. The summed E-state index contributed by atoms with van der Waals surface area (Å²) in [7, 11) is 0. The summed E-state index contributed by atoms with van der Waals surface area (Å²) < 4.78 is 0. The van der Waals surface area contributed by atoms with Gasteiger partial charge in [-0.15, -0.1) is 0 Å². The second kappa shape index (κ2) is 3.81. The maximum atomic E-state index is 5.82. The fraction of sp³-hybridized carbons (Fsp3) is 0.231. The Hall–Kier alpha value is -1.34. The highest BCUT2D eigenvalue weighted by Gasteiger charge is 2.01. The number of rotatable bonds is 2. The van der Waals surface area contributed by atoms with E-state index in [0.29, 0.717) is 0 Å². The van der Waals surface area contributed by atoms with Crippen LogP contribution in [0, 0.1) is 0 Å². The Kier molecular flexibility index (Phi) is 2.51. The summed E-state index contributed by atoms with van der Waals surface area (Å²) in [5.41, 5.74) is 7.16. The highest BCUT2D eigenvalue weighted by molar-refractivity contribution is 5.85. The molecule has 0 aliphatic rings. The van der Waals surface area contributed by atoms with E-state index in [1.165, 1.54) is 16.3 Å². The van der Waals surface area contributed by atoms with Crippen molar-refractivity contribution in [2.75, 3.05) is 0 Å². The fourth-order valence-electron chi connectivity index (χ4n) is 1.82. The Balaban J connectivity index is 2.53. The van der Waals surface area contributed by atoms with Gasteiger partial charge in [0, 0.05) is 6.04 Å². The van der Waals surface area contributed by atoms with Crippen LogP contribution in [0.15, 0.2) is 42.5 Å². The van der Waals surface area contributed by atoms with Crippen LogP contribution in [0.5, 0.6) is 0 Å². The predicted octanol–water partition coefficient (Wildman–Crippen LogP) is 2.73. The van der Waals surface area contributed by atoms with Gasteiger partial charge in [0.05, 0.1) is 0 Å². The number of fused-ring (bicyclic) bond motifs is 1. The van der Waals surface area contributed by atoms with E-state index in [9.17, 15) is 0 Å². The van der Waals surface area contributed by atoms with Crippen LogP contribution in [-0.4, -0.2) is 6.04 Å². The van der Waals surface area contributed by atoms with Crippen LogP contribution in [-0.2, 0) is 6.42 Å². The van der Waals surface area contributed by atoms with Crippen molar-refractivity contribution in [2.45, 2.75) is 19.4 Å². The average molecular weight is 185 g/mol. The van der Waals surface area contributed by atoms with Crippen molar-refractivity contribution >= 4 is 10.8 Å². The molecular weight excluding hydrogens is 170 g/mol. The van der Waals surface area contributed by atoms with Gasteiger partial charge in [0.25, 0.3) is 0 Å². The molecule has 0 aliphatic heterocycles. The molecule has 1 heteroatoms. The van der Waals surface area contributed by atoms with Gasteiger partial charge in [-0.25, -0.2) is 0 Å². The van der Waals surface area contributed by atoms with Crippen LogP contribution in [0.4, 0.5) is 0 Å². The lowest BCUT2D eigenvalue weighted by Crippen LogP contribution is -2.17. The lowest BCUT2D eigenvalue weighted by Gasteiger charge is -2.08. The first-order valence-corrected chi connectivity index (χ1v) is 4.99. The minimum absolute atomic E-state index is 0.223. The van der Waals surface area contributed by atoms with Crippen molar-refractivity contribution in [2.24, 2.45) is 5.73 Å². The van der Waals surface area contributed by atoms with E-state index in [1.807, 2.05) is 6.92 Å². The number of nitrogens with two attached hydrogens (primary N) is 1. The normalized spacial score (nSPS) is 13.0. The largest absolute Gasteiger partial charge is 0.328 e. The van der Waals surface area contributed by atoms with Crippen LogP contribution in [0.1, 0.15) is 12.5 Å². The second-order valence-electron chi connectivity index (χ2n) is 3.82. The van der Waals surface area contributed by atoms with E-state index in [4.69, 9.17) is 5.73 Å². The van der Waals surface area contributed by atoms with Gasteiger partial charge >= 0.3 is 0 Å². The van der Waals surface area contributed by atoms with Gasteiger partial charge in [-0.2, -0.15) is 0 Å². The summed E-state index contributed by atoms with van der Waals surface area (Å²) in [6, 6.07) is 15.1. The molecule has 1 nitrogen and oxygen atoms in total. The van der Waals surface area contributed by atoms with Gasteiger partial charge in [-0.1, -0.05) is 42.5 Å². The van der Waals surface area contributed by atoms with E-state index in [1.54, 1.807) is 0 Å². The monoisotopic (exact) mass is 185 g/mol. The number of benzene rings is 2. The Morgan fingerprint density at radius 2 is 1.79 bits per heavy atom. The van der Waals surface area contributed by atoms with Gasteiger partial charge in [0.1, 0.15) is 0 Å². The summed E-state index contributed by atoms with van der Waals surface area (Å²) >= 11 is 0. The van der Waals surface area contributed by atoms with Crippen molar-refractivity contribution in [3.8, 4) is 0 Å². The van der Waals surface area contributed by atoms with E-state index in [-0.39, 0.29) is 6.04 Å². The van der Waals surface area contributed by atoms with Gasteiger partial charge in [-0.05, 0) is 29.7 Å². The molecule has 0 heterocycles. The predicted molar refractivity (Wildman–Crippen MR) is 61.3 cm³/mol. The Morgan fingerprint density at radius 3 is 2.57 bits per heavy atom. The topological polar surface area (TPSA) is 26.0 Å². The molecule has 0 spiro atoms. The summed E-state index contributed by atoms with van der Waals surface area (Å²) in [6.07, 6.45) is 0.946. The molecule has 2 rings (SSSR count). The molecule has 0 fully saturated rings. The quantitative estimate of drug-likeness (QED) is 0.765. The minimum atomic E-state index is 0.223. The standard InChI is InChI=1S/C13H15N/c1-10(14)9-12-7-4-6-11-5-2-3-8-13(11)12/h2-8,10H,9,14H2,1H3. The molecule has 0 aromatic heterocycles. The zero-order chi connectivity index (χ0) is 9.97. The van der Waals surface area contributed by atoms with E-state index >= 15 is 0 Å². The zero-order valence-corrected chi connectivity index (χ0v) is 8.40. The average Bonchev–Trinajstić information content (AvgIpc) is 2.18. The third kappa shape index (κ3) is 1.78. The lowest BCUT2D eigenvalue weighted by atomic mass is 10.00. The van der Waals surface area contributed by atoms with Crippen molar-refractivity contribution in [1.82, 2.24) is 0 Å². The van der Waals surface area contributed by atoms with Gasteiger partial charge in [-0.3, -0.25) is 0 Å². The molecule has 0 bridgehead atoms. The molecule has 0 saturated carbocycles. The number of hydrogen-bond donors (Lipinski definition) is 1. The number of hydrogen-bond acceptors (Lipinski definition) is 1. The Bertz CT molecular complexity index is 427. The van der Waals surface area contributed by atoms with E-state index < -0.39 is 0 Å². The molecule has 1 unspecified atom stereocenters. The SMILES string of the molecule is CC(N)Cc1cccc2ccccc12. The van der Waals surface area contributed by atoms with Gasteiger partial charge < -0.3 is 5.73 Å². The lowest BCUT2D eigenvalue weighted by molar-refractivity contribution is 0.742. The summed E-state index contributed by atoms with van der Waals surface area (Å²) in [6.45, 7) is 2.04. The molecule has 0 saturated heterocycles. The van der Waals surface area contributed by atoms with Crippen LogP contribution < -0.4 is 5.73 Å². The van der Waals surface area contributed by atoms with Crippen LogP contribution in [0.25, 0.3) is 10.8 Å². The molecule has 72 valence electrons. The van der Waals surface area contributed by atoms with E-state index in [0.717, 1.165) is 6.42 Å². The Labute approximate surface area is 84.5 Å². The molecular formula is C13H15N. The van der Waals surface area contributed by atoms with Crippen LogP contribution in [0.2, 0.25) is 0 Å². The third-order valence-electron chi connectivity index (χ3n) is 2.42. The van der Waals surface area contributed by atoms with Crippen molar-refractivity contribution < 1.29 is 0 Å². The van der Waals surface area contributed by atoms with Gasteiger partial charge in [0.15, 0.2) is 0 Å². The first-order valence-electron chi connectivity index (χ1n) is 4.99. The molecule has 1 atom stereocenters. The van der Waals surface area contributed by atoms with Gasteiger partial charge in [0.2, 0.25) is 0 Å². The first kappa shape index (κ1) is 9.22. The molecule has 2 N–H and O–H groups in total. The highest BCUT2D eigenvalue weighted by atomic mass is 14.6. The van der Waals surface area contributed by atoms with Crippen molar-refractivity contribution in [3.05, 3.63) is 48.0 Å². The maximum absolute atomic E-state index is 5.82. The first-order chi connectivity index (χ1) is 6.77. The summed E-state index contributed by atoms with van der Waals surface area (Å²) in [5.74, 6) is 0. The summed E-state index contributed by atoms with van der Waals surface area (Å²) in [4.78, 5) is 0. The van der Waals surface area contributed by atoms with E-state index in [2.05, 4.69) is 42.5 Å².